The number of carbonyl (C=O) groups is 6. The molecule has 0 amide bonds. The summed E-state index contributed by atoms with van der Waals surface area (Å²) in [4.78, 5) is 78.5. The summed E-state index contributed by atoms with van der Waals surface area (Å²) in [7, 11) is 0. The Morgan fingerprint density at radius 3 is 0.848 bits per heavy atom. The van der Waals surface area contributed by atoms with Gasteiger partial charge in [-0.1, -0.05) is 0 Å². The normalized spacial score (nSPS) is 10.9. The molecule has 0 saturated carbocycles. The highest BCUT2D eigenvalue weighted by molar-refractivity contribution is 6.17. The van der Waals surface area contributed by atoms with Crippen LogP contribution in [0.1, 0.15) is 41.5 Å². The van der Waals surface area contributed by atoms with Gasteiger partial charge in [0, 0.05) is 0 Å². The first-order valence-electron chi connectivity index (χ1n) is 10.7. The Bertz CT molecular complexity index is 618. The maximum Gasteiger partial charge on any atom is 0.326 e. The highest BCUT2D eigenvalue weighted by atomic mass is 16.6. The molecule has 0 aromatic rings. The summed E-state index contributed by atoms with van der Waals surface area (Å²) in [5, 5.41) is 0. The summed E-state index contributed by atoms with van der Waals surface area (Å²) in [6.45, 7) is 6.65. The first-order chi connectivity index (χ1) is 15.6. The van der Waals surface area contributed by atoms with Crippen molar-refractivity contribution < 1.29 is 57.2 Å². The van der Waals surface area contributed by atoms with Crippen LogP contribution in [0.2, 0.25) is 0 Å². The number of ether oxygens (including phenoxy) is 6. The second-order valence-corrected chi connectivity index (χ2v) is 6.18. The van der Waals surface area contributed by atoms with Crippen molar-refractivity contribution in [3.8, 4) is 0 Å². The molecule has 0 unspecified atom stereocenters. The Hall–Kier alpha value is -3.18. The van der Waals surface area contributed by atoms with Crippen molar-refractivity contribution in [2.75, 3.05) is 39.6 Å². The monoisotopic (exact) mass is 476 g/mol. The summed E-state index contributed by atoms with van der Waals surface area (Å²) < 4.78 is 29.6. The fourth-order valence-corrected chi connectivity index (χ4v) is 3.06. The molecule has 0 aromatic carbocycles. The Balaban J connectivity index is 7.54. The van der Waals surface area contributed by atoms with Gasteiger partial charge in [-0.15, -0.1) is 0 Å². The molecule has 0 fully saturated rings. The van der Waals surface area contributed by atoms with Crippen molar-refractivity contribution in [2.24, 2.45) is 17.3 Å². The fraction of sp³-hybridized carbons (Fsp3) is 0.714. The zero-order valence-corrected chi connectivity index (χ0v) is 19.8. The quantitative estimate of drug-likeness (QED) is 0.195. The van der Waals surface area contributed by atoms with Gasteiger partial charge in [0.15, 0.2) is 11.8 Å². The minimum Gasteiger partial charge on any atom is -0.465 e. The molecule has 12 heteroatoms. The molecule has 0 spiro atoms. The van der Waals surface area contributed by atoms with Crippen LogP contribution in [0, 0.1) is 17.3 Å². The molecule has 0 aliphatic rings. The standard InChI is InChI=1S/C21H32O12/c1-7-28-15(22)13(16(23)29-8-2)21(19(26)32-11-5,20(27)33-12-6)14(17(24)30-9-3)18(25)31-10-4/h13-14H,7-12H2,1-6H3. The van der Waals surface area contributed by atoms with Crippen LogP contribution in [0.25, 0.3) is 0 Å². The van der Waals surface area contributed by atoms with Gasteiger partial charge >= 0.3 is 35.8 Å². The van der Waals surface area contributed by atoms with E-state index in [2.05, 4.69) is 0 Å². The summed E-state index contributed by atoms with van der Waals surface area (Å²) in [6, 6.07) is 0. The largest absolute Gasteiger partial charge is 0.465 e. The van der Waals surface area contributed by atoms with Crippen LogP contribution in [-0.2, 0) is 57.2 Å². The average Bonchev–Trinajstić information content (AvgIpc) is 2.74. The van der Waals surface area contributed by atoms with Crippen LogP contribution in [0.5, 0.6) is 0 Å². The third-order valence-corrected chi connectivity index (χ3v) is 4.23. The van der Waals surface area contributed by atoms with Gasteiger partial charge in [0.25, 0.3) is 0 Å². The van der Waals surface area contributed by atoms with E-state index in [-0.39, 0.29) is 39.6 Å². The molecule has 0 bridgehead atoms. The molecule has 188 valence electrons. The Morgan fingerprint density at radius 1 is 0.455 bits per heavy atom. The van der Waals surface area contributed by atoms with E-state index in [0.717, 1.165) is 0 Å². The SMILES string of the molecule is CCOC(=O)C(C(=O)OCC)C(C(=O)OCC)(C(=O)OCC)C(C(=O)OCC)C(=O)OCC. The van der Waals surface area contributed by atoms with Gasteiger partial charge in [-0.3, -0.25) is 28.8 Å². The van der Waals surface area contributed by atoms with E-state index in [0.29, 0.717) is 0 Å². The number of hydrogen-bond donors (Lipinski definition) is 0. The lowest BCUT2D eigenvalue weighted by Gasteiger charge is -2.36. The fourth-order valence-electron chi connectivity index (χ4n) is 3.06. The summed E-state index contributed by atoms with van der Waals surface area (Å²) in [5.41, 5.74) is -3.18. The summed E-state index contributed by atoms with van der Waals surface area (Å²) >= 11 is 0. The van der Waals surface area contributed by atoms with Crippen molar-refractivity contribution in [3.63, 3.8) is 0 Å². The van der Waals surface area contributed by atoms with E-state index in [9.17, 15) is 28.8 Å². The van der Waals surface area contributed by atoms with E-state index >= 15 is 0 Å². The van der Waals surface area contributed by atoms with Crippen molar-refractivity contribution in [1.82, 2.24) is 0 Å². The molecule has 0 N–H and O–H groups in total. The minimum absolute atomic E-state index is 0.264. The van der Waals surface area contributed by atoms with Gasteiger partial charge < -0.3 is 28.4 Å². The highest BCUT2D eigenvalue weighted by Gasteiger charge is 2.71. The van der Waals surface area contributed by atoms with Gasteiger partial charge in [-0.2, -0.15) is 0 Å². The lowest BCUT2D eigenvalue weighted by Crippen LogP contribution is -2.62. The summed E-state index contributed by atoms with van der Waals surface area (Å²) in [6.07, 6.45) is 0. The van der Waals surface area contributed by atoms with Crippen molar-refractivity contribution >= 4 is 35.8 Å². The minimum atomic E-state index is -3.18. The molecule has 0 atom stereocenters. The van der Waals surface area contributed by atoms with Gasteiger partial charge in [-0.25, -0.2) is 0 Å². The van der Waals surface area contributed by atoms with Crippen LogP contribution in [-0.4, -0.2) is 75.5 Å². The number of hydrogen-bond acceptors (Lipinski definition) is 12. The van der Waals surface area contributed by atoms with Gasteiger partial charge in [0.05, 0.1) is 39.6 Å². The molecule has 0 radical (unpaired) electrons. The molecule has 0 aliphatic carbocycles. The molecule has 33 heavy (non-hydrogen) atoms. The molecule has 0 aliphatic heterocycles. The summed E-state index contributed by atoms with van der Waals surface area (Å²) in [5.74, 6) is -13.6. The van der Waals surface area contributed by atoms with Gasteiger partial charge in [-0.05, 0) is 41.5 Å². The maximum absolute atomic E-state index is 13.3. The topological polar surface area (TPSA) is 158 Å². The van der Waals surface area contributed by atoms with Crippen LogP contribution < -0.4 is 0 Å². The molecule has 12 nitrogen and oxygen atoms in total. The van der Waals surface area contributed by atoms with Crippen molar-refractivity contribution in [3.05, 3.63) is 0 Å². The third kappa shape index (κ3) is 6.90. The van der Waals surface area contributed by atoms with E-state index in [1.807, 2.05) is 0 Å². The molecular formula is C21H32O12. The van der Waals surface area contributed by atoms with Crippen molar-refractivity contribution in [1.29, 1.82) is 0 Å². The third-order valence-electron chi connectivity index (χ3n) is 4.23. The van der Waals surface area contributed by atoms with Crippen molar-refractivity contribution in [2.45, 2.75) is 41.5 Å². The zero-order valence-electron chi connectivity index (χ0n) is 19.8. The van der Waals surface area contributed by atoms with E-state index in [4.69, 9.17) is 28.4 Å². The number of esters is 6. The van der Waals surface area contributed by atoms with Gasteiger partial charge in [0.2, 0.25) is 5.41 Å². The number of rotatable bonds is 14. The van der Waals surface area contributed by atoms with E-state index in [1.165, 1.54) is 41.5 Å². The van der Waals surface area contributed by atoms with E-state index < -0.39 is 53.1 Å². The average molecular weight is 476 g/mol. The number of carbonyl (C=O) groups excluding carboxylic acids is 6. The Labute approximate surface area is 192 Å². The van der Waals surface area contributed by atoms with Crippen LogP contribution in [0.3, 0.4) is 0 Å². The van der Waals surface area contributed by atoms with E-state index in [1.54, 1.807) is 0 Å². The second kappa shape index (κ2) is 14.8. The predicted octanol–water partition coefficient (Wildman–Crippen LogP) is 0.584. The molecule has 0 saturated heterocycles. The Kier molecular flexibility index (Phi) is 13.4. The Morgan fingerprint density at radius 2 is 0.667 bits per heavy atom. The lowest BCUT2D eigenvalue weighted by atomic mass is 9.65. The smallest absolute Gasteiger partial charge is 0.326 e. The predicted molar refractivity (Wildman–Crippen MR) is 109 cm³/mol. The highest BCUT2D eigenvalue weighted by Crippen LogP contribution is 2.43. The first-order valence-corrected chi connectivity index (χ1v) is 10.7. The first kappa shape index (κ1) is 29.8. The second-order valence-electron chi connectivity index (χ2n) is 6.18. The van der Waals surface area contributed by atoms with Crippen LogP contribution >= 0.6 is 0 Å². The molecular weight excluding hydrogens is 444 g/mol. The molecule has 0 rings (SSSR count). The lowest BCUT2D eigenvalue weighted by molar-refractivity contribution is -0.203. The van der Waals surface area contributed by atoms with Crippen LogP contribution in [0.15, 0.2) is 0 Å². The van der Waals surface area contributed by atoms with Gasteiger partial charge in [0.1, 0.15) is 0 Å². The van der Waals surface area contributed by atoms with Crippen LogP contribution in [0.4, 0.5) is 0 Å². The maximum atomic E-state index is 13.3. The molecule has 0 aromatic heterocycles. The zero-order chi connectivity index (χ0) is 25.6. The molecule has 0 heterocycles.